The zero-order valence-corrected chi connectivity index (χ0v) is 15.5. The van der Waals surface area contributed by atoms with Gasteiger partial charge in [-0.25, -0.2) is 14.4 Å². The topological polar surface area (TPSA) is 82.3 Å². The number of nitrogens with two attached hydrogens (primary N) is 1. The molecule has 27 heavy (non-hydrogen) atoms. The van der Waals surface area contributed by atoms with Gasteiger partial charge in [0, 0.05) is 17.9 Å². The second-order valence-corrected chi connectivity index (χ2v) is 6.87. The Bertz CT molecular complexity index is 1010. The van der Waals surface area contributed by atoms with Gasteiger partial charge in [-0.15, -0.1) is 0 Å². The molecule has 1 aliphatic rings. The highest BCUT2D eigenvalue weighted by Gasteiger charge is 2.19. The van der Waals surface area contributed by atoms with Gasteiger partial charge in [0.15, 0.2) is 5.82 Å². The van der Waals surface area contributed by atoms with Gasteiger partial charge in [0.05, 0.1) is 40.2 Å². The van der Waals surface area contributed by atoms with E-state index >= 15 is 0 Å². The maximum Gasteiger partial charge on any atom is 0.166 e. The van der Waals surface area contributed by atoms with Crippen LogP contribution in [0.3, 0.4) is 0 Å². The Morgan fingerprint density at radius 3 is 2.89 bits per heavy atom. The molecule has 2 heterocycles. The predicted molar refractivity (Wildman–Crippen MR) is 104 cm³/mol. The summed E-state index contributed by atoms with van der Waals surface area (Å²) in [5, 5.41) is 3.51. The Morgan fingerprint density at radius 1 is 1.26 bits per heavy atom. The van der Waals surface area contributed by atoms with Crippen LogP contribution in [0.25, 0.3) is 10.9 Å². The lowest BCUT2D eigenvalue weighted by molar-refractivity contribution is 0.142. The lowest BCUT2D eigenvalue weighted by atomic mass is 10.2. The number of nitrogen functional groups attached to an aromatic ring is 1. The standard InChI is InChI=1S/C18H15Cl2FN4O2/c19-11-1-2-13(17(21)16(11)20)25-18-10-5-12(22)15(6-14(10)23-8-24-18)27-9-3-4-26-7-9/h1-2,5-6,8-9H,3-4,7,22H2,(H,23,24,25). The number of benzene rings is 2. The zero-order valence-electron chi connectivity index (χ0n) is 14.0. The van der Waals surface area contributed by atoms with Crippen molar-refractivity contribution in [1.82, 2.24) is 9.97 Å². The molecule has 1 aromatic heterocycles. The van der Waals surface area contributed by atoms with E-state index in [0.717, 1.165) is 6.42 Å². The molecule has 140 valence electrons. The quantitative estimate of drug-likeness (QED) is 0.485. The summed E-state index contributed by atoms with van der Waals surface area (Å²) >= 11 is 11.7. The van der Waals surface area contributed by atoms with Gasteiger partial charge >= 0.3 is 0 Å². The number of hydrogen-bond acceptors (Lipinski definition) is 6. The van der Waals surface area contributed by atoms with Crippen LogP contribution in [0.5, 0.6) is 5.75 Å². The molecule has 9 heteroatoms. The van der Waals surface area contributed by atoms with Gasteiger partial charge in [-0.2, -0.15) is 0 Å². The molecule has 0 radical (unpaired) electrons. The average Bonchev–Trinajstić information content (AvgIpc) is 3.16. The Kier molecular flexibility index (Phi) is 4.90. The molecule has 1 fully saturated rings. The molecule has 0 amide bonds. The number of nitrogens with one attached hydrogen (secondary N) is 1. The molecule has 0 bridgehead atoms. The van der Waals surface area contributed by atoms with Crippen LogP contribution < -0.4 is 15.8 Å². The van der Waals surface area contributed by atoms with E-state index in [1.165, 1.54) is 18.5 Å². The SMILES string of the molecule is Nc1cc2c(Nc3ccc(Cl)c(Cl)c3F)ncnc2cc1OC1CCOC1. The minimum atomic E-state index is -0.662. The molecule has 1 aliphatic heterocycles. The summed E-state index contributed by atoms with van der Waals surface area (Å²) in [5.41, 5.74) is 7.32. The van der Waals surface area contributed by atoms with Crippen LogP contribution in [0.2, 0.25) is 10.0 Å². The number of ether oxygens (including phenoxy) is 2. The average molecular weight is 409 g/mol. The van der Waals surface area contributed by atoms with Crippen molar-refractivity contribution in [2.24, 2.45) is 0 Å². The Balaban J connectivity index is 1.70. The second-order valence-electron chi connectivity index (χ2n) is 6.08. The molecular weight excluding hydrogens is 394 g/mol. The first-order valence-electron chi connectivity index (χ1n) is 8.22. The van der Waals surface area contributed by atoms with E-state index in [9.17, 15) is 4.39 Å². The fourth-order valence-corrected chi connectivity index (χ4v) is 3.15. The number of halogens is 3. The van der Waals surface area contributed by atoms with Crippen LogP contribution >= 0.6 is 23.2 Å². The maximum absolute atomic E-state index is 14.3. The van der Waals surface area contributed by atoms with Gasteiger partial charge in [-0.1, -0.05) is 23.2 Å². The molecule has 1 unspecified atom stereocenters. The molecule has 3 N–H and O–H groups in total. The fourth-order valence-electron chi connectivity index (χ4n) is 2.84. The van der Waals surface area contributed by atoms with Gasteiger partial charge in [0.1, 0.15) is 24.0 Å². The predicted octanol–water partition coefficient (Wildman–Crippen LogP) is 4.57. The number of fused-ring (bicyclic) bond motifs is 1. The molecule has 1 atom stereocenters. The third-order valence-electron chi connectivity index (χ3n) is 4.24. The van der Waals surface area contributed by atoms with Crippen LogP contribution in [0.1, 0.15) is 6.42 Å². The number of anilines is 3. The number of aromatic nitrogens is 2. The Morgan fingerprint density at radius 2 is 2.11 bits per heavy atom. The highest BCUT2D eigenvalue weighted by molar-refractivity contribution is 6.42. The summed E-state index contributed by atoms with van der Waals surface area (Å²) in [6, 6.07) is 6.42. The van der Waals surface area contributed by atoms with E-state index in [-0.39, 0.29) is 21.8 Å². The lowest BCUT2D eigenvalue weighted by Gasteiger charge is -2.15. The molecule has 1 saturated heterocycles. The van der Waals surface area contributed by atoms with Crippen molar-refractivity contribution in [3.63, 3.8) is 0 Å². The number of rotatable bonds is 4. The normalized spacial score (nSPS) is 16.6. The second kappa shape index (κ2) is 7.34. The maximum atomic E-state index is 14.3. The van der Waals surface area contributed by atoms with E-state index in [1.807, 2.05) is 0 Å². The van der Waals surface area contributed by atoms with Crippen molar-refractivity contribution in [2.75, 3.05) is 24.3 Å². The monoisotopic (exact) mass is 408 g/mol. The minimum absolute atomic E-state index is 0.0329. The lowest BCUT2D eigenvalue weighted by Crippen LogP contribution is -2.16. The molecule has 6 nitrogen and oxygen atoms in total. The molecule has 3 aromatic rings. The van der Waals surface area contributed by atoms with Crippen LogP contribution in [-0.2, 0) is 4.74 Å². The first kappa shape index (κ1) is 18.0. The minimum Gasteiger partial charge on any atom is -0.486 e. The van der Waals surface area contributed by atoms with Crippen molar-refractivity contribution < 1.29 is 13.9 Å². The van der Waals surface area contributed by atoms with E-state index in [4.69, 9.17) is 38.4 Å². The third-order valence-corrected chi connectivity index (χ3v) is 5.02. The van der Waals surface area contributed by atoms with Crippen LogP contribution in [0, 0.1) is 5.82 Å². The Labute approximate surface area is 164 Å². The molecule has 2 aromatic carbocycles. The molecule has 0 aliphatic carbocycles. The fraction of sp³-hybridized carbons (Fsp3) is 0.222. The molecule has 4 rings (SSSR count). The summed E-state index contributed by atoms with van der Waals surface area (Å²) in [4.78, 5) is 8.44. The van der Waals surface area contributed by atoms with Crippen molar-refractivity contribution in [3.05, 3.63) is 46.5 Å². The van der Waals surface area contributed by atoms with E-state index in [1.54, 1.807) is 12.1 Å². The molecular formula is C18H15Cl2FN4O2. The summed E-state index contributed by atoms with van der Waals surface area (Å²) in [6.07, 6.45) is 2.15. The van der Waals surface area contributed by atoms with Crippen LogP contribution in [0.4, 0.5) is 21.6 Å². The highest BCUT2D eigenvalue weighted by atomic mass is 35.5. The largest absolute Gasteiger partial charge is 0.486 e. The summed E-state index contributed by atoms with van der Waals surface area (Å²) in [7, 11) is 0. The molecule has 0 spiro atoms. The molecule has 0 saturated carbocycles. The number of nitrogens with zero attached hydrogens (tertiary/aromatic N) is 2. The van der Waals surface area contributed by atoms with Crippen LogP contribution in [0.15, 0.2) is 30.6 Å². The van der Waals surface area contributed by atoms with Crippen molar-refractivity contribution in [3.8, 4) is 5.75 Å². The summed E-state index contributed by atoms with van der Waals surface area (Å²) in [5.74, 6) is 0.258. The third kappa shape index (κ3) is 3.58. The van der Waals surface area contributed by atoms with Crippen LogP contribution in [-0.4, -0.2) is 29.3 Å². The summed E-state index contributed by atoms with van der Waals surface area (Å²) in [6.45, 7) is 1.20. The van der Waals surface area contributed by atoms with Crippen molar-refractivity contribution in [1.29, 1.82) is 0 Å². The van der Waals surface area contributed by atoms with Crippen molar-refractivity contribution >= 4 is 51.3 Å². The van der Waals surface area contributed by atoms with E-state index in [0.29, 0.717) is 41.4 Å². The van der Waals surface area contributed by atoms with Gasteiger partial charge < -0.3 is 20.5 Å². The number of hydrogen-bond donors (Lipinski definition) is 2. The summed E-state index contributed by atoms with van der Waals surface area (Å²) < 4.78 is 25.6. The van der Waals surface area contributed by atoms with Gasteiger partial charge in [0.2, 0.25) is 0 Å². The Hall–Kier alpha value is -2.35. The van der Waals surface area contributed by atoms with Crippen molar-refractivity contribution in [2.45, 2.75) is 12.5 Å². The first-order valence-corrected chi connectivity index (χ1v) is 8.97. The van der Waals surface area contributed by atoms with Gasteiger partial charge in [-0.3, -0.25) is 0 Å². The smallest absolute Gasteiger partial charge is 0.166 e. The highest BCUT2D eigenvalue weighted by Crippen LogP contribution is 2.35. The first-order chi connectivity index (χ1) is 13.0. The zero-order chi connectivity index (χ0) is 19.0. The van der Waals surface area contributed by atoms with E-state index in [2.05, 4.69) is 15.3 Å². The van der Waals surface area contributed by atoms with Gasteiger partial charge in [0.25, 0.3) is 0 Å². The van der Waals surface area contributed by atoms with E-state index < -0.39 is 5.82 Å². The van der Waals surface area contributed by atoms with Gasteiger partial charge in [-0.05, 0) is 18.2 Å².